The highest BCUT2D eigenvalue weighted by Gasteiger charge is 2.41. The van der Waals surface area contributed by atoms with E-state index in [0.29, 0.717) is 36.2 Å². The number of benzene rings is 1. The molecule has 1 saturated carbocycles. The molecule has 0 radical (unpaired) electrons. The van der Waals surface area contributed by atoms with Crippen molar-refractivity contribution >= 4 is 22.7 Å². The van der Waals surface area contributed by atoms with Crippen molar-refractivity contribution in [1.82, 2.24) is 15.4 Å². The molecule has 3 aliphatic heterocycles. The van der Waals surface area contributed by atoms with Crippen LogP contribution in [0.15, 0.2) is 22.7 Å². The number of halogens is 1. The van der Waals surface area contributed by atoms with Crippen molar-refractivity contribution in [2.24, 2.45) is 11.8 Å². The van der Waals surface area contributed by atoms with E-state index < -0.39 is 0 Å². The van der Waals surface area contributed by atoms with E-state index in [1.807, 2.05) is 0 Å². The molecule has 1 aliphatic carbocycles. The third-order valence-corrected chi connectivity index (χ3v) is 8.83. The molecule has 190 valence electrons. The van der Waals surface area contributed by atoms with Crippen molar-refractivity contribution in [2.45, 2.75) is 76.0 Å². The molecule has 4 aliphatic rings. The van der Waals surface area contributed by atoms with E-state index in [2.05, 4.69) is 20.3 Å². The van der Waals surface area contributed by atoms with Crippen molar-refractivity contribution in [2.75, 3.05) is 37.6 Å². The largest absolute Gasteiger partial charge is 0.375 e. The van der Waals surface area contributed by atoms with Crippen molar-refractivity contribution in [3.63, 3.8) is 0 Å². The summed E-state index contributed by atoms with van der Waals surface area (Å²) in [5, 5.41) is 8.27. The summed E-state index contributed by atoms with van der Waals surface area (Å²) in [6.07, 6.45) is 10.6. The second kappa shape index (κ2) is 10.1. The molecule has 0 spiro atoms. The van der Waals surface area contributed by atoms with E-state index in [1.54, 1.807) is 6.07 Å². The summed E-state index contributed by atoms with van der Waals surface area (Å²) in [6, 6.07) is 4.92. The summed E-state index contributed by atoms with van der Waals surface area (Å²) in [5.41, 5.74) is 0.634. The zero-order valence-electron chi connectivity index (χ0n) is 20.5. The van der Waals surface area contributed by atoms with Gasteiger partial charge in [-0.05, 0) is 87.9 Å². The van der Waals surface area contributed by atoms with Gasteiger partial charge in [0.2, 0.25) is 5.91 Å². The predicted octanol–water partition coefficient (Wildman–Crippen LogP) is 4.11. The molecule has 2 aromatic rings. The van der Waals surface area contributed by atoms with Crippen LogP contribution in [0.5, 0.6) is 0 Å². The lowest BCUT2D eigenvalue weighted by Gasteiger charge is -2.36. The van der Waals surface area contributed by atoms with E-state index in [1.165, 1.54) is 37.8 Å². The number of amides is 1. The maximum Gasteiger partial charge on any atom is 0.220 e. The minimum Gasteiger partial charge on any atom is -0.375 e. The van der Waals surface area contributed by atoms with Gasteiger partial charge in [0.25, 0.3) is 0 Å². The third kappa shape index (κ3) is 5.19. The van der Waals surface area contributed by atoms with Crippen LogP contribution < -0.4 is 10.2 Å². The molecule has 1 amide bonds. The fraction of sp³-hybridized carbons (Fsp3) is 0.704. The number of carbonyl (C=O) groups excluding carboxylic acids is 1. The van der Waals surface area contributed by atoms with Crippen molar-refractivity contribution in [1.29, 1.82) is 0 Å². The highest BCUT2D eigenvalue weighted by Crippen LogP contribution is 2.40. The number of hydrogen-bond acceptors (Lipinski definition) is 6. The molecule has 8 heteroatoms. The SMILES string of the molecule is O=C(CC1C[C@@H]2CC[C@H]1O2)N[C@H]1CC[C@H](CCN2CCN(c3noc4ccc(F)cc34)CC2)CC1. The van der Waals surface area contributed by atoms with Gasteiger partial charge >= 0.3 is 0 Å². The number of nitrogens with zero attached hydrogens (tertiary/aromatic N) is 3. The van der Waals surface area contributed by atoms with Crippen LogP contribution >= 0.6 is 0 Å². The highest BCUT2D eigenvalue weighted by molar-refractivity contribution is 5.88. The Bertz CT molecular complexity index is 1030. The predicted molar refractivity (Wildman–Crippen MR) is 132 cm³/mol. The molecule has 2 bridgehead atoms. The first-order valence-electron chi connectivity index (χ1n) is 13.6. The lowest BCUT2D eigenvalue weighted by atomic mass is 9.83. The Morgan fingerprint density at radius 1 is 1.09 bits per heavy atom. The topological polar surface area (TPSA) is 70.8 Å². The quantitative estimate of drug-likeness (QED) is 0.638. The van der Waals surface area contributed by atoms with Gasteiger partial charge in [-0.1, -0.05) is 5.16 Å². The number of ether oxygens (including phenoxy) is 1. The number of hydrogen-bond donors (Lipinski definition) is 1. The third-order valence-electron chi connectivity index (χ3n) is 8.83. The standard InChI is InChI=1S/C27H37FN4O3/c28-20-3-7-25-23(17-20)27(30-35-25)32-13-11-31(12-14-32)10-9-18-1-4-21(5-2-18)29-26(33)16-19-15-22-6-8-24(19)34-22/h3,7,17-19,21-22,24H,1-2,4-6,8-16H2,(H,29,33)/t18-,19?,21-,22-,24+/m0/s1. The van der Waals surface area contributed by atoms with Crippen LogP contribution in [0, 0.1) is 17.7 Å². The number of anilines is 1. The zero-order valence-corrected chi connectivity index (χ0v) is 20.5. The molecular formula is C27H37FN4O3. The fourth-order valence-corrected chi connectivity index (χ4v) is 6.75. The maximum atomic E-state index is 13.7. The van der Waals surface area contributed by atoms with Gasteiger partial charge in [0, 0.05) is 38.6 Å². The molecule has 6 rings (SSSR count). The van der Waals surface area contributed by atoms with E-state index in [4.69, 9.17) is 9.26 Å². The monoisotopic (exact) mass is 484 g/mol. The fourth-order valence-electron chi connectivity index (χ4n) is 6.75. The van der Waals surface area contributed by atoms with Gasteiger partial charge in [-0.3, -0.25) is 9.69 Å². The number of aromatic nitrogens is 1. The molecule has 7 nitrogen and oxygen atoms in total. The van der Waals surface area contributed by atoms with E-state index >= 15 is 0 Å². The summed E-state index contributed by atoms with van der Waals surface area (Å²) < 4.78 is 25.0. The summed E-state index contributed by atoms with van der Waals surface area (Å²) in [4.78, 5) is 17.3. The Balaban J connectivity index is 0.893. The Hall–Kier alpha value is -2.19. The minimum atomic E-state index is -0.259. The first-order valence-corrected chi connectivity index (χ1v) is 13.6. The van der Waals surface area contributed by atoms with Gasteiger partial charge in [-0.25, -0.2) is 4.39 Å². The second-order valence-electron chi connectivity index (χ2n) is 11.1. The molecule has 4 heterocycles. The Morgan fingerprint density at radius 3 is 2.66 bits per heavy atom. The van der Waals surface area contributed by atoms with Crippen LogP contribution in [0.2, 0.25) is 0 Å². The molecule has 1 aromatic carbocycles. The van der Waals surface area contributed by atoms with E-state index in [0.717, 1.165) is 75.5 Å². The average Bonchev–Trinajstić information content (AvgIpc) is 3.60. The Morgan fingerprint density at radius 2 is 1.91 bits per heavy atom. The second-order valence-corrected chi connectivity index (χ2v) is 11.1. The lowest BCUT2D eigenvalue weighted by Crippen LogP contribution is -2.47. The van der Waals surface area contributed by atoms with Crippen molar-refractivity contribution in [3.8, 4) is 0 Å². The first-order chi connectivity index (χ1) is 17.1. The van der Waals surface area contributed by atoms with Crippen molar-refractivity contribution in [3.05, 3.63) is 24.0 Å². The van der Waals surface area contributed by atoms with E-state index in [-0.39, 0.29) is 11.7 Å². The minimum absolute atomic E-state index is 0.232. The summed E-state index contributed by atoms with van der Waals surface area (Å²) in [7, 11) is 0. The van der Waals surface area contributed by atoms with Crippen LogP contribution in [0.3, 0.4) is 0 Å². The zero-order chi connectivity index (χ0) is 23.8. The molecule has 3 saturated heterocycles. The van der Waals surface area contributed by atoms with Crippen LogP contribution in [0.1, 0.15) is 57.8 Å². The van der Waals surface area contributed by atoms with Crippen molar-refractivity contribution < 1.29 is 18.4 Å². The summed E-state index contributed by atoms with van der Waals surface area (Å²) in [6.45, 7) is 4.85. The van der Waals surface area contributed by atoms with Gasteiger partial charge in [0.15, 0.2) is 11.4 Å². The van der Waals surface area contributed by atoms with E-state index in [9.17, 15) is 9.18 Å². The molecule has 1 unspecified atom stereocenters. The van der Waals surface area contributed by atoms with Gasteiger partial charge in [-0.15, -0.1) is 0 Å². The molecule has 3 atom stereocenters. The number of nitrogens with one attached hydrogen (secondary N) is 1. The summed E-state index contributed by atoms with van der Waals surface area (Å²) in [5.74, 6) is 1.92. The smallest absolute Gasteiger partial charge is 0.220 e. The van der Waals surface area contributed by atoms with Gasteiger partial charge < -0.3 is 19.5 Å². The Labute approximate surface area is 206 Å². The number of fused-ring (bicyclic) bond motifs is 3. The van der Waals surface area contributed by atoms with Gasteiger partial charge in [0.1, 0.15) is 5.82 Å². The number of rotatable bonds is 7. The number of piperazine rings is 1. The van der Waals surface area contributed by atoms with Crippen LogP contribution in [0.25, 0.3) is 11.0 Å². The van der Waals surface area contributed by atoms with Gasteiger partial charge in [0.05, 0.1) is 17.6 Å². The average molecular weight is 485 g/mol. The molecule has 1 aromatic heterocycles. The molecule has 1 N–H and O–H groups in total. The highest BCUT2D eigenvalue weighted by atomic mass is 19.1. The van der Waals surface area contributed by atoms with Crippen LogP contribution in [-0.2, 0) is 9.53 Å². The van der Waals surface area contributed by atoms with Crippen LogP contribution in [-0.4, -0.2) is 66.9 Å². The molecule has 35 heavy (non-hydrogen) atoms. The van der Waals surface area contributed by atoms with Gasteiger partial charge in [-0.2, -0.15) is 0 Å². The first kappa shape index (κ1) is 23.2. The maximum absolute atomic E-state index is 13.7. The normalized spacial score (nSPS) is 31.3. The van der Waals surface area contributed by atoms with Crippen LogP contribution in [0.4, 0.5) is 10.2 Å². The number of carbonyl (C=O) groups is 1. The lowest BCUT2D eigenvalue weighted by molar-refractivity contribution is -0.123. The molecular weight excluding hydrogens is 447 g/mol. The summed E-state index contributed by atoms with van der Waals surface area (Å²) >= 11 is 0. The molecule has 4 fully saturated rings. The Kier molecular flexibility index (Phi) is 6.67.